The Balaban J connectivity index is 1.46. The van der Waals surface area contributed by atoms with Crippen LogP contribution in [0.25, 0.3) is 0 Å². The van der Waals surface area contributed by atoms with Crippen LogP contribution in [0.3, 0.4) is 0 Å². The minimum atomic E-state index is -0.0432. The van der Waals surface area contributed by atoms with Crippen LogP contribution in [0.15, 0.2) is 11.6 Å². The van der Waals surface area contributed by atoms with Crippen LogP contribution in [0.2, 0.25) is 0 Å². The monoisotopic (exact) mass is 433 g/mol. The molecule has 0 radical (unpaired) electrons. The molecular formula is C27H47NO3. The number of nitrogens with zero attached hydrogens (tertiary/aromatic N) is 1. The summed E-state index contributed by atoms with van der Waals surface area (Å²) in [6.45, 7) is 13.7. The van der Waals surface area contributed by atoms with Crippen LogP contribution >= 0.6 is 0 Å². The second-order valence-corrected chi connectivity index (χ2v) is 11.6. The number of carbonyl (C=O) groups excluding carboxylic acids is 1. The Hall–Kier alpha value is -0.870. The van der Waals surface area contributed by atoms with E-state index in [-0.39, 0.29) is 18.0 Å². The molecule has 1 aliphatic heterocycles. The highest BCUT2D eigenvalue weighted by molar-refractivity contribution is 5.69. The summed E-state index contributed by atoms with van der Waals surface area (Å²) in [5.74, 6) is 1.41. The maximum Gasteiger partial charge on any atom is 0.306 e. The van der Waals surface area contributed by atoms with Gasteiger partial charge in [0.2, 0.25) is 0 Å². The second kappa shape index (κ2) is 10.8. The highest BCUT2D eigenvalue weighted by Gasteiger charge is 2.52. The summed E-state index contributed by atoms with van der Waals surface area (Å²) in [5, 5.41) is 10.1. The lowest BCUT2D eigenvalue weighted by molar-refractivity contribution is -0.144. The summed E-state index contributed by atoms with van der Waals surface area (Å²) in [6.07, 6.45) is 13.5. The summed E-state index contributed by atoms with van der Waals surface area (Å²) < 4.78 is 5.52. The third-order valence-electron chi connectivity index (χ3n) is 8.86. The number of ether oxygens (including phenoxy) is 1. The van der Waals surface area contributed by atoms with E-state index in [1.165, 1.54) is 50.8 Å². The second-order valence-electron chi connectivity index (χ2n) is 11.6. The Morgan fingerprint density at radius 1 is 1.23 bits per heavy atom. The van der Waals surface area contributed by atoms with Crippen molar-refractivity contribution >= 4 is 5.97 Å². The number of esters is 1. The lowest BCUT2D eigenvalue weighted by atomic mass is 9.48. The number of allylic oxidation sites excluding steroid dienone is 1. The Kier molecular flexibility index (Phi) is 8.65. The third kappa shape index (κ3) is 6.13. The van der Waals surface area contributed by atoms with Crippen molar-refractivity contribution in [1.82, 2.24) is 4.90 Å². The number of hydrogen-bond acceptors (Lipinski definition) is 4. The molecule has 3 rings (SSSR count). The largest absolute Gasteiger partial charge is 0.466 e. The number of aliphatic hydroxyl groups is 1. The van der Waals surface area contributed by atoms with E-state index < -0.39 is 0 Å². The van der Waals surface area contributed by atoms with E-state index in [4.69, 9.17) is 4.74 Å². The normalized spacial score (nSPS) is 31.7. The summed E-state index contributed by atoms with van der Waals surface area (Å²) in [4.78, 5) is 14.8. The van der Waals surface area contributed by atoms with E-state index in [0.29, 0.717) is 36.2 Å². The van der Waals surface area contributed by atoms with Gasteiger partial charge in [0, 0.05) is 13.0 Å². The van der Waals surface area contributed by atoms with Crippen molar-refractivity contribution in [2.24, 2.45) is 28.6 Å². The van der Waals surface area contributed by atoms with Crippen molar-refractivity contribution < 1.29 is 14.6 Å². The zero-order valence-electron chi connectivity index (χ0n) is 20.6. The molecule has 0 aromatic heterocycles. The van der Waals surface area contributed by atoms with Gasteiger partial charge in [-0.05, 0) is 98.6 Å². The average Bonchev–Trinajstić information content (AvgIpc) is 3.22. The maximum atomic E-state index is 12.3. The summed E-state index contributed by atoms with van der Waals surface area (Å²) >= 11 is 0. The minimum absolute atomic E-state index is 0.0432. The third-order valence-corrected chi connectivity index (χ3v) is 8.86. The van der Waals surface area contributed by atoms with Crippen molar-refractivity contribution in [3.05, 3.63) is 11.6 Å². The molecule has 4 nitrogen and oxygen atoms in total. The van der Waals surface area contributed by atoms with Crippen LogP contribution in [-0.4, -0.2) is 48.8 Å². The first-order chi connectivity index (χ1) is 14.8. The molecule has 0 bridgehead atoms. The number of fused-ring (bicyclic) bond motifs is 1. The zero-order valence-corrected chi connectivity index (χ0v) is 20.6. The Bertz CT molecular complexity index is 622. The molecule has 1 saturated heterocycles. The van der Waals surface area contributed by atoms with Gasteiger partial charge < -0.3 is 14.7 Å². The number of hydrogen-bond donors (Lipinski definition) is 1. The summed E-state index contributed by atoms with van der Waals surface area (Å²) in [6, 6.07) is 0. The fourth-order valence-corrected chi connectivity index (χ4v) is 7.07. The first-order valence-electron chi connectivity index (χ1n) is 12.9. The van der Waals surface area contributed by atoms with Crippen LogP contribution in [0.1, 0.15) is 91.9 Å². The predicted molar refractivity (Wildman–Crippen MR) is 127 cm³/mol. The molecule has 0 amide bonds. The molecule has 0 aromatic rings. The summed E-state index contributed by atoms with van der Waals surface area (Å²) in [7, 11) is 0. The van der Waals surface area contributed by atoms with Gasteiger partial charge in [-0.25, -0.2) is 0 Å². The van der Waals surface area contributed by atoms with Gasteiger partial charge in [-0.2, -0.15) is 0 Å². The molecule has 1 heterocycles. The molecule has 2 aliphatic carbocycles. The standard InChI is InChI=1S/C27H47NO3/c1-21(19-25(30)31-18-8-17-28-15-5-6-16-28)9-11-23-22(20-29)10-12-24-26(2,3)13-7-14-27(23,24)4/h10,21,23-24,29H,5-9,11-20H2,1-4H3/t21-,23-,24-,27+/m0/s1. The van der Waals surface area contributed by atoms with E-state index >= 15 is 0 Å². The van der Waals surface area contributed by atoms with Crippen molar-refractivity contribution in [1.29, 1.82) is 0 Å². The van der Waals surface area contributed by atoms with Gasteiger partial charge in [0.05, 0.1) is 13.2 Å². The lowest BCUT2D eigenvalue weighted by Gasteiger charge is -2.57. The first kappa shape index (κ1) is 24.8. The smallest absolute Gasteiger partial charge is 0.306 e. The Morgan fingerprint density at radius 2 is 1.97 bits per heavy atom. The number of rotatable bonds is 10. The molecule has 3 aliphatic rings. The SMILES string of the molecule is C[C@@H](CC[C@H]1C(CO)=CC[C@H]2C(C)(C)CCC[C@]12C)CC(=O)OCCCN1CCCC1. The van der Waals surface area contributed by atoms with E-state index in [0.717, 1.165) is 32.2 Å². The van der Waals surface area contributed by atoms with E-state index in [1.807, 2.05) is 0 Å². The Labute approximate surface area is 190 Å². The number of carbonyl (C=O) groups is 1. The summed E-state index contributed by atoms with van der Waals surface area (Å²) in [5.41, 5.74) is 1.88. The molecule has 1 N–H and O–H groups in total. The highest BCUT2D eigenvalue weighted by atomic mass is 16.5. The van der Waals surface area contributed by atoms with Gasteiger partial charge in [0.25, 0.3) is 0 Å². The van der Waals surface area contributed by atoms with Crippen molar-refractivity contribution in [3.63, 3.8) is 0 Å². The van der Waals surface area contributed by atoms with E-state index in [2.05, 4.69) is 38.7 Å². The van der Waals surface area contributed by atoms with Crippen molar-refractivity contribution in [2.45, 2.75) is 91.9 Å². The average molecular weight is 434 g/mol. The fourth-order valence-electron chi connectivity index (χ4n) is 7.07. The molecular weight excluding hydrogens is 386 g/mol. The molecule has 1 saturated carbocycles. The molecule has 178 valence electrons. The van der Waals surface area contributed by atoms with Gasteiger partial charge in [-0.3, -0.25) is 4.79 Å². The first-order valence-corrected chi connectivity index (χ1v) is 12.9. The van der Waals surface area contributed by atoms with Crippen LogP contribution in [-0.2, 0) is 9.53 Å². The fraction of sp³-hybridized carbons (Fsp3) is 0.889. The van der Waals surface area contributed by atoms with Crippen LogP contribution in [0.5, 0.6) is 0 Å². The van der Waals surface area contributed by atoms with Crippen LogP contribution in [0.4, 0.5) is 0 Å². The van der Waals surface area contributed by atoms with Crippen LogP contribution in [0, 0.1) is 28.6 Å². The van der Waals surface area contributed by atoms with Gasteiger partial charge in [0.1, 0.15) is 0 Å². The van der Waals surface area contributed by atoms with Crippen LogP contribution < -0.4 is 0 Å². The lowest BCUT2D eigenvalue weighted by Crippen LogP contribution is -2.49. The van der Waals surface area contributed by atoms with E-state index in [9.17, 15) is 9.90 Å². The van der Waals surface area contributed by atoms with Gasteiger partial charge in [-0.15, -0.1) is 0 Å². The van der Waals surface area contributed by atoms with Crippen molar-refractivity contribution in [3.8, 4) is 0 Å². The van der Waals surface area contributed by atoms with Gasteiger partial charge in [0.15, 0.2) is 0 Å². The topological polar surface area (TPSA) is 49.8 Å². The number of aliphatic hydroxyl groups excluding tert-OH is 1. The molecule has 4 atom stereocenters. The molecule has 0 unspecified atom stereocenters. The molecule has 31 heavy (non-hydrogen) atoms. The molecule has 4 heteroatoms. The van der Waals surface area contributed by atoms with Gasteiger partial charge >= 0.3 is 5.97 Å². The molecule has 2 fully saturated rings. The molecule has 0 spiro atoms. The maximum absolute atomic E-state index is 12.3. The van der Waals surface area contributed by atoms with E-state index in [1.54, 1.807) is 0 Å². The quantitative estimate of drug-likeness (QED) is 0.277. The highest BCUT2D eigenvalue weighted by Crippen LogP contribution is 2.60. The molecule has 0 aromatic carbocycles. The number of likely N-dealkylation sites (tertiary alicyclic amines) is 1. The van der Waals surface area contributed by atoms with Crippen molar-refractivity contribution in [2.75, 3.05) is 32.8 Å². The zero-order chi connectivity index (χ0) is 22.5. The minimum Gasteiger partial charge on any atom is -0.466 e. The predicted octanol–water partition coefficient (Wildman–Crippen LogP) is 5.59. The van der Waals surface area contributed by atoms with Gasteiger partial charge in [-0.1, -0.05) is 40.2 Å². The Morgan fingerprint density at radius 3 is 2.68 bits per heavy atom.